The molecule has 1 heterocycles. The molecule has 1 amide bonds. The Labute approximate surface area is 157 Å². The van der Waals surface area contributed by atoms with Gasteiger partial charge in [0.05, 0.1) is 12.2 Å². The van der Waals surface area contributed by atoms with Crippen molar-refractivity contribution in [3.05, 3.63) is 70.7 Å². The van der Waals surface area contributed by atoms with Crippen LogP contribution in [0, 0.1) is 0 Å². The van der Waals surface area contributed by atoms with E-state index in [-0.39, 0.29) is 5.91 Å². The number of hydrogen-bond acceptors (Lipinski definition) is 5. The minimum Gasteiger partial charge on any atom is -0.493 e. The molecule has 0 atom stereocenters. The van der Waals surface area contributed by atoms with E-state index in [1.54, 1.807) is 12.1 Å². The van der Waals surface area contributed by atoms with Crippen LogP contribution < -0.4 is 10.1 Å². The van der Waals surface area contributed by atoms with Crippen molar-refractivity contribution in [1.29, 1.82) is 0 Å². The van der Waals surface area contributed by atoms with Crippen molar-refractivity contribution in [3.63, 3.8) is 0 Å². The van der Waals surface area contributed by atoms with Crippen LogP contribution in [0.5, 0.6) is 5.75 Å². The van der Waals surface area contributed by atoms with Crippen LogP contribution in [0.3, 0.4) is 0 Å². The monoisotopic (exact) mass is 367 g/mol. The van der Waals surface area contributed by atoms with E-state index in [1.807, 2.05) is 37.3 Å². The van der Waals surface area contributed by atoms with Crippen molar-refractivity contribution >= 4 is 22.4 Å². The first-order valence-corrected chi connectivity index (χ1v) is 9.47. The van der Waals surface area contributed by atoms with Gasteiger partial charge < -0.3 is 4.74 Å². The first-order chi connectivity index (χ1) is 12.8. The number of rotatable bonds is 8. The molecule has 0 saturated heterocycles. The van der Waals surface area contributed by atoms with E-state index in [9.17, 15) is 4.79 Å². The maximum Gasteiger partial charge on any atom is 0.261 e. The second-order valence-electron chi connectivity index (χ2n) is 5.72. The molecule has 0 aliphatic rings. The van der Waals surface area contributed by atoms with E-state index >= 15 is 0 Å². The van der Waals surface area contributed by atoms with Gasteiger partial charge in [-0.05, 0) is 37.5 Å². The van der Waals surface area contributed by atoms with Gasteiger partial charge in [-0.15, -0.1) is 10.2 Å². The van der Waals surface area contributed by atoms with Crippen LogP contribution >= 0.6 is 11.3 Å². The van der Waals surface area contributed by atoms with E-state index in [2.05, 4.69) is 27.6 Å². The Morgan fingerprint density at radius 2 is 1.81 bits per heavy atom. The van der Waals surface area contributed by atoms with Crippen molar-refractivity contribution in [3.8, 4) is 5.75 Å². The van der Waals surface area contributed by atoms with Gasteiger partial charge in [0.2, 0.25) is 5.13 Å². The summed E-state index contributed by atoms with van der Waals surface area (Å²) in [4.78, 5) is 12.5. The highest BCUT2D eigenvalue weighted by Gasteiger charge is 2.14. The minimum absolute atomic E-state index is 0.235. The molecule has 0 spiro atoms. The predicted octanol–water partition coefficient (Wildman–Crippen LogP) is 4.36. The fraction of sp³-hybridized carbons (Fsp3) is 0.250. The number of nitrogens with zero attached hydrogens (tertiary/aromatic N) is 2. The average molecular weight is 367 g/mol. The summed E-state index contributed by atoms with van der Waals surface area (Å²) in [5, 5.41) is 12.5. The summed E-state index contributed by atoms with van der Waals surface area (Å²) in [6.45, 7) is 2.40. The Morgan fingerprint density at radius 1 is 1.04 bits per heavy atom. The number of hydrogen-bond donors (Lipinski definition) is 1. The van der Waals surface area contributed by atoms with Crippen LogP contribution in [-0.2, 0) is 12.8 Å². The van der Waals surface area contributed by atoms with Crippen LogP contribution in [0.2, 0.25) is 0 Å². The second kappa shape index (κ2) is 9.10. The third-order valence-corrected chi connectivity index (χ3v) is 4.72. The second-order valence-corrected chi connectivity index (χ2v) is 6.79. The smallest absolute Gasteiger partial charge is 0.261 e. The van der Waals surface area contributed by atoms with E-state index in [4.69, 9.17) is 4.74 Å². The lowest BCUT2D eigenvalue weighted by molar-refractivity contribution is 0.102. The van der Waals surface area contributed by atoms with Gasteiger partial charge in [-0.3, -0.25) is 10.1 Å². The standard InChI is InChI=1S/C20H21N3O2S/c1-2-25-17-13-7-6-12-16(17)19(24)21-20-23-22-18(26-20)14-8-11-15-9-4-3-5-10-15/h3-7,9-10,12-13H,2,8,11,14H2,1H3,(H,21,23,24). The Balaban J connectivity index is 1.55. The molecule has 1 aromatic heterocycles. The summed E-state index contributed by atoms with van der Waals surface area (Å²) < 4.78 is 5.50. The van der Waals surface area contributed by atoms with E-state index in [0.29, 0.717) is 23.1 Å². The number of para-hydroxylation sites is 1. The highest BCUT2D eigenvalue weighted by atomic mass is 32.1. The highest BCUT2D eigenvalue weighted by Crippen LogP contribution is 2.22. The van der Waals surface area contributed by atoms with Crippen molar-refractivity contribution in [2.45, 2.75) is 26.2 Å². The minimum atomic E-state index is -0.235. The predicted molar refractivity (Wildman–Crippen MR) is 104 cm³/mol. The lowest BCUT2D eigenvalue weighted by Gasteiger charge is -2.08. The molecule has 0 saturated carbocycles. The lowest BCUT2D eigenvalue weighted by Crippen LogP contribution is -2.13. The maximum atomic E-state index is 12.5. The number of aromatic nitrogens is 2. The summed E-state index contributed by atoms with van der Waals surface area (Å²) in [5.41, 5.74) is 1.81. The normalized spacial score (nSPS) is 10.5. The number of carbonyl (C=O) groups excluding carboxylic acids is 1. The highest BCUT2D eigenvalue weighted by molar-refractivity contribution is 7.15. The molecule has 0 bridgehead atoms. The van der Waals surface area contributed by atoms with E-state index < -0.39 is 0 Å². The molecule has 6 heteroatoms. The molecule has 5 nitrogen and oxygen atoms in total. The zero-order chi connectivity index (χ0) is 18.2. The fourth-order valence-electron chi connectivity index (χ4n) is 2.59. The average Bonchev–Trinajstić information content (AvgIpc) is 3.10. The van der Waals surface area contributed by atoms with Gasteiger partial charge >= 0.3 is 0 Å². The third-order valence-electron chi connectivity index (χ3n) is 3.82. The van der Waals surface area contributed by atoms with Gasteiger partial charge in [0.15, 0.2) is 0 Å². The molecule has 134 valence electrons. The number of ether oxygens (including phenoxy) is 1. The number of carbonyl (C=O) groups is 1. The van der Waals surface area contributed by atoms with Crippen LogP contribution in [0.1, 0.15) is 34.3 Å². The summed E-state index contributed by atoms with van der Waals surface area (Å²) >= 11 is 1.42. The SMILES string of the molecule is CCOc1ccccc1C(=O)Nc1nnc(CCCc2ccccc2)s1. The molecule has 0 unspecified atom stereocenters. The van der Waals surface area contributed by atoms with Crippen LogP contribution in [0.15, 0.2) is 54.6 Å². The zero-order valence-corrected chi connectivity index (χ0v) is 15.5. The van der Waals surface area contributed by atoms with E-state index in [0.717, 1.165) is 24.3 Å². The van der Waals surface area contributed by atoms with Crippen molar-refractivity contribution in [2.24, 2.45) is 0 Å². The van der Waals surface area contributed by atoms with Gasteiger partial charge in [-0.2, -0.15) is 0 Å². The Morgan fingerprint density at radius 3 is 2.62 bits per heavy atom. The van der Waals surface area contributed by atoms with Crippen LogP contribution in [0.25, 0.3) is 0 Å². The molecule has 2 aromatic carbocycles. The van der Waals surface area contributed by atoms with Crippen molar-refractivity contribution in [2.75, 3.05) is 11.9 Å². The fourth-order valence-corrected chi connectivity index (χ4v) is 3.37. The Hall–Kier alpha value is -2.73. The quantitative estimate of drug-likeness (QED) is 0.642. The molecular weight excluding hydrogens is 346 g/mol. The summed E-state index contributed by atoms with van der Waals surface area (Å²) in [5.74, 6) is 0.334. The molecule has 0 radical (unpaired) electrons. The van der Waals surface area contributed by atoms with Gasteiger partial charge in [-0.1, -0.05) is 53.8 Å². The molecule has 3 rings (SSSR count). The maximum absolute atomic E-state index is 12.5. The van der Waals surface area contributed by atoms with Gasteiger partial charge in [0.1, 0.15) is 10.8 Å². The summed E-state index contributed by atoms with van der Waals surface area (Å²) in [7, 11) is 0. The Bertz CT molecular complexity index is 849. The summed E-state index contributed by atoms with van der Waals surface area (Å²) in [6.07, 6.45) is 2.85. The zero-order valence-electron chi connectivity index (χ0n) is 14.6. The van der Waals surface area contributed by atoms with Gasteiger partial charge in [0, 0.05) is 6.42 Å². The van der Waals surface area contributed by atoms with Gasteiger partial charge in [-0.25, -0.2) is 0 Å². The topological polar surface area (TPSA) is 64.1 Å². The molecule has 0 fully saturated rings. The molecule has 0 aliphatic heterocycles. The molecule has 3 aromatic rings. The van der Waals surface area contributed by atoms with Crippen molar-refractivity contribution in [1.82, 2.24) is 10.2 Å². The number of nitrogens with one attached hydrogen (secondary N) is 1. The number of aryl methyl sites for hydroxylation is 2. The molecular formula is C20H21N3O2S. The first kappa shape index (κ1) is 18.1. The Kier molecular flexibility index (Phi) is 6.33. The summed E-state index contributed by atoms with van der Waals surface area (Å²) in [6, 6.07) is 17.6. The number of benzene rings is 2. The number of amides is 1. The molecule has 26 heavy (non-hydrogen) atoms. The van der Waals surface area contributed by atoms with Crippen molar-refractivity contribution < 1.29 is 9.53 Å². The first-order valence-electron chi connectivity index (χ1n) is 8.65. The van der Waals surface area contributed by atoms with Crippen LogP contribution in [-0.4, -0.2) is 22.7 Å². The lowest BCUT2D eigenvalue weighted by atomic mass is 10.1. The third kappa shape index (κ3) is 4.89. The van der Waals surface area contributed by atoms with Gasteiger partial charge in [0.25, 0.3) is 5.91 Å². The van der Waals surface area contributed by atoms with E-state index in [1.165, 1.54) is 16.9 Å². The number of anilines is 1. The molecule has 1 N–H and O–H groups in total. The largest absolute Gasteiger partial charge is 0.493 e. The molecule has 0 aliphatic carbocycles. The van der Waals surface area contributed by atoms with Crippen LogP contribution in [0.4, 0.5) is 5.13 Å².